The van der Waals surface area contributed by atoms with Crippen molar-refractivity contribution in [2.24, 2.45) is 0 Å². The number of ether oxygens (including phenoxy) is 1. The van der Waals surface area contributed by atoms with Crippen LogP contribution in [0.4, 0.5) is 0 Å². The lowest BCUT2D eigenvalue weighted by molar-refractivity contribution is -0.143. The lowest BCUT2D eigenvalue weighted by Gasteiger charge is -2.34. The van der Waals surface area contributed by atoms with E-state index in [1.165, 1.54) is 0 Å². The summed E-state index contributed by atoms with van der Waals surface area (Å²) in [5.41, 5.74) is 0.991. The average molecular weight is 332 g/mol. The molecule has 1 atom stereocenters. The average Bonchev–Trinajstić information content (AvgIpc) is 2.48. The first-order valence-electron chi connectivity index (χ1n) is 6.99. The molecule has 2 rings (SSSR count). The van der Waals surface area contributed by atoms with E-state index in [0.717, 1.165) is 31.5 Å². The molecule has 1 aromatic rings. The van der Waals surface area contributed by atoms with Crippen molar-refractivity contribution in [1.82, 2.24) is 4.90 Å². The van der Waals surface area contributed by atoms with Gasteiger partial charge in [-0.05, 0) is 37.5 Å². The number of aliphatic carboxylic acids is 1. The minimum absolute atomic E-state index is 0.164. The number of nitrogens with zero attached hydrogens (tertiary/aromatic N) is 1. The predicted octanol–water partition coefficient (Wildman–Crippen LogP) is 3.45. The third-order valence-corrected chi connectivity index (χ3v) is 4.59. The Bertz CT molecular complexity index is 502. The highest BCUT2D eigenvalue weighted by Gasteiger charge is 2.26. The van der Waals surface area contributed by atoms with Gasteiger partial charge in [-0.25, -0.2) is 0 Å². The van der Waals surface area contributed by atoms with Crippen molar-refractivity contribution in [3.8, 4) is 0 Å². The maximum absolute atomic E-state index is 11.0. The lowest BCUT2D eigenvalue weighted by Crippen LogP contribution is -2.45. The molecule has 1 saturated heterocycles. The van der Waals surface area contributed by atoms with E-state index in [0.29, 0.717) is 16.7 Å². The van der Waals surface area contributed by atoms with Gasteiger partial charge in [0.15, 0.2) is 0 Å². The van der Waals surface area contributed by atoms with Gasteiger partial charge in [-0.15, -0.1) is 0 Å². The summed E-state index contributed by atoms with van der Waals surface area (Å²) in [4.78, 5) is 12.9. The van der Waals surface area contributed by atoms with Crippen molar-refractivity contribution in [3.05, 3.63) is 33.8 Å². The molecule has 116 valence electrons. The SMILES string of the molecule is C[C@@H](C(=O)O)N1CCC(OCc2ccc(Cl)c(Cl)c2)CC1. The second-order valence-electron chi connectivity index (χ2n) is 5.31. The molecule has 0 saturated carbocycles. The van der Waals surface area contributed by atoms with Crippen LogP contribution in [0.15, 0.2) is 18.2 Å². The Morgan fingerprint density at radius 3 is 2.62 bits per heavy atom. The van der Waals surface area contributed by atoms with Gasteiger partial charge in [0.1, 0.15) is 6.04 Å². The van der Waals surface area contributed by atoms with Crippen molar-refractivity contribution < 1.29 is 14.6 Å². The van der Waals surface area contributed by atoms with Crippen LogP contribution in [-0.2, 0) is 16.1 Å². The Labute approximate surface area is 134 Å². The molecule has 1 N–H and O–H groups in total. The summed E-state index contributed by atoms with van der Waals surface area (Å²) >= 11 is 11.8. The minimum atomic E-state index is -0.773. The molecule has 0 amide bonds. The van der Waals surface area contributed by atoms with Crippen LogP contribution in [0.5, 0.6) is 0 Å². The van der Waals surface area contributed by atoms with Crippen LogP contribution in [0.25, 0.3) is 0 Å². The molecule has 6 heteroatoms. The highest BCUT2D eigenvalue weighted by Crippen LogP contribution is 2.24. The molecular weight excluding hydrogens is 313 g/mol. The summed E-state index contributed by atoms with van der Waals surface area (Å²) in [6, 6.07) is 5.04. The summed E-state index contributed by atoms with van der Waals surface area (Å²) < 4.78 is 5.88. The molecule has 0 spiro atoms. The Morgan fingerprint density at radius 1 is 1.38 bits per heavy atom. The molecule has 1 aromatic carbocycles. The smallest absolute Gasteiger partial charge is 0.320 e. The highest BCUT2D eigenvalue weighted by atomic mass is 35.5. The molecule has 1 aliphatic heterocycles. The van der Waals surface area contributed by atoms with Gasteiger partial charge in [0.05, 0.1) is 22.8 Å². The van der Waals surface area contributed by atoms with Gasteiger partial charge in [0.2, 0.25) is 0 Å². The molecule has 0 aliphatic carbocycles. The van der Waals surface area contributed by atoms with E-state index in [4.69, 9.17) is 33.0 Å². The fourth-order valence-corrected chi connectivity index (χ4v) is 2.75. The summed E-state index contributed by atoms with van der Waals surface area (Å²) in [6.45, 7) is 3.72. The standard InChI is InChI=1S/C15H19Cl2NO3/c1-10(15(19)20)18-6-4-12(5-7-18)21-9-11-2-3-13(16)14(17)8-11/h2-3,8,10,12H,4-7,9H2,1H3,(H,19,20)/t10-/m0/s1. The minimum Gasteiger partial charge on any atom is -0.480 e. The van der Waals surface area contributed by atoms with Crippen LogP contribution in [-0.4, -0.2) is 41.2 Å². The van der Waals surface area contributed by atoms with Gasteiger partial charge in [-0.2, -0.15) is 0 Å². The van der Waals surface area contributed by atoms with Crippen molar-refractivity contribution in [3.63, 3.8) is 0 Å². The molecular formula is C15H19Cl2NO3. The number of carboxylic acid groups (broad SMARTS) is 1. The van der Waals surface area contributed by atoms with E-state index in [1.54, 1.807) is 13.0 Å². The monoisotopic (exact) mass is 331 g/mol. The molecule has 1 heterocycles. The molecule has 1 fully saturated rings. The predicted molar refractivity (Wildman–Crippen MR) is 82.9 cm³/mol. The zero-order valence-corrected chi connectivity index (χ0v) is 13.4. The van der Waals surface area contributed by atoms with Crippen LogP contribution >= 0.6 is 23.2 Å². The van der Waals surface area contributed by atoms with Crippen LogP contribution < -0.4 is 0 Å². The van der Waals surface area contributed by atoms with Crippen LogP contribution in [0, 0.1) is 0 Å². The number of hydrogen-bond acceptors (Lipinski definition) is 3. The first kappa shape index (κ1) is 16.6. The summed E-state index contributed by atoms with van der Waals surface area (Å²) in [6.07, 6.45) is 1.86. The second kappa shape index (κ2) is 7.45. The lowest BCUT2D eigenvalue weighted by atomic mass is 10.1. The van der Waals surface area contributed by atoms with E-state index in [2.05, 4.69) is 0 Å². The van der Waals surface area contributed by atoms with Crippen molar-refractivity contribution in [1.29, 1.82) is 0 Å². The Kier molecular flexibility index (Phi) is 5.88. The van der Waals surface area contributed by atoms with E-state index >= 15 is 0 Å². The van der Waals surface area contributed by atoms with Gasteiger partial charge in [-0.1, -0.05) is 29.3 Å². The number of carbonyl (C=O) groups is 1. The third-order valence-electron chi connectivity index (χ3n) is 3.85. The molecule has 0 unspecified atom stereocenters. The van der Waals surface area contributed by atoms with E-state index < -0.39 is 12.0 Å². The van der Waals surface area contributed by atoms with Crippen LogP contribution in [0.3, 0.4) is 0 Å². The third kappa shape index (κ3) is 4.58. The van der Waals surface area contributed by atoms with Crippen molar-refractivity contribution in [2.45, 2.75) is 38.5 Å². The Balaban J connectivity index is 1.78. The number of benzene rings is 1. The van der Waals surface area contributed by atoms with Gasteiger partial charge in [0, 0.05) is 13.1 Å². The highest BCUT2D eigenvalue weighted by molar-refractivity contribution is 6.42. The van der Waals surface area contributed by atoms with E-state index in [-0.39, 0.29) is 6.10 Å². The van der Waals surface area contributed by atoms with Gasteiger partial charge in [0.25, 0.3) is 0 Å². The van der Waals surface area contributed by atoms with Gasteiger partial charge in [-0.3, -0.25) is 9.69 Å². The molecule has 4 nitrogen and oxygen atoms in total. The van der Waals surface area contributed by atoms with Crippen molar-refractivity contribution in [2.75, 3.05) is 13.1 Å². The fraction of sp³-hybridized carbons (Fsp3) is 0.533. The normalized spacial score (nSPS) is 18.6. The second-order valence-corrected chi connectivity index (χ2v) is 6.12. The molecule has 0 aromatic heterocycles. The Morgan fingerprint density at radius 2 is 2.05 bits per heavy atom. The molecule has 21 heavy (non-hydrogen) atoms. The number of carboxylic acids is 1. The quantitative estimate of drug-likeness (QED) is 0.897. The summed E-state index contributed by atoms with van der Waals surface area (Å²) in [7, 11) is 0. The van der Waals surface area contributed by atoms with E-state index in [9.17, 15) is 4.79 Å². The first-order chi connectivity index (χ1) is 9.97. The van der Waals surface area contributed by atoms with Crippen LogP contribution in [0.1, 0.15) is 25.3 Å². The fourth-order valence-electron chi connectivity index (χ4n) is 2.43. The Hall–Kier alpha value is -0.810. The maximum Gasteiger partial charge on any atom is 0.320 e. The molecule has 0 bridgehead atoms. The summed E-state index contributed by atoms with van der Waals surface area (Å²) in [5.74, 6) is -0.773. The number of halogens is 2. The number of hydrogen-bond donors (Lipinski definition) is 1. The zero-order chi connectivity index (χ0) is 15.4. The largest absolute Gasteiger partial charge is 0.480 e. The topological polar surface area (TPSA) is 49.8 Å². The van der Waals surface area contributed by atoms with Gasteiger partial charge < -0.3 is 9.84 Å². The maximum atomic E-state index is 11.0. The first-order valence-corrected chi connectivity index (χ1v) is 7.75. The number of likely N-dealkylation sites (tertiary alicyclic amines) is 1. The number of rotatable bonds is 5. The van der Waals surface area contributed by atoms with Crippen molar-refractivity contribution >= 4 is 29.2 Å². The molecule has 0 radical (unpaired) electrons. The summed E-state index contributed by atoms with van der Waals surface area (Å²) in [5, 5.41) is 10.1. The van der Waals surface area contributed by atoms with E-state index in [1.807, 2.05) is 17.0 Å². The zero-order valence-electron chi connectivity index (χ0n) is 11.9. The molecule has 1 aliphatic rings. The number of piperidine rings is 1. The van der Waals surface area contributed by atoms with Crippen LogP contribution in [0.2, 0.25) is 10.0 Å². The van der Waals surface area contributed by atoms with Gasteiger partial charge >= 0.3 is 5.97 Å².